The topological polar surface area (TPSA) is 29.5 Å². The first-order valence-corrected chi connectivity index (χ1v) is 6.35. The van der Waals surface area contributed by atoms with Crippen LogP contribution in [0.3, 0.4) is 0 Å². The average molecular weight is 234 g/mol. The Morgan fingerprint density at radius 2 is 1.87 bits per heavy atom. The summed E-state index contributed by atoms with van der Waals surface area (Å²) in [6.07, 6.45) is 6.29. The van der Waals surface area contributed by atoms with Crippen molar-refractivity contribution >= 4 is 17.7 Å². The number of carbonyl (C=O) groups excluding carboxylic acids is 1. The second-order valence-electron chi connectivity index (χ2n) is 3.91. The predicted molar refractivity (Wildman–Crippen MR) is 61.3 cm³/mol. The van der Waals surface area contributed by atoms with Gasteiger partial charge in [-0.15, -0.1) is 11.6 Å². The number of alkyl halides is 1. The molecule has 1 aliphatic heterocycles. The highest BCUT2D eigenvalue weighted by atomic mass is 35.5. The molecule has 3 nitrogen and oxygen atoms in total. The highest BCUT2D eigenvalue weighted by Gasteiger charge is 2.16. The molecule has 0 spiro atoms. The normalized spacial score (nSPS) is 16.5. The lowest BCUT2D eigenvalue weighted by atomic mass is 10.1. The number of hydrogen-bond acceptors (Lipinski definition) is 2. The van der Waals surface area contributed by atoms with Gasteiger partial charge in [0, 0.05) is 19.0 Å². The number of likely N-dealkylation sites (tertiary alicyclic amines) is 1. The third kappa shape index (κ3) is 5.26. The summed E-state index contributed by atoms with van der Waals surface area (Å²) in [6, 6.07) is 0. The van der Waals surface area contributed by atoms with E-state index in [9.17, 15) is 4.79 Å². The molecule has 15 heavy (non-hydrogen) atoms. The van der Waals surface area contributed by atoms with Crippen molar-refractivity contribution < 1.29 is 9.53 Å². The molecular formula is C11H20ClNO2. The quantitative estimate of drug-likeness (QED) is 0.540. The van der Waals surface area contributed by atoms with Crippen LogP contribution in [-0.2, 0) is 4.74 Å². The van der Waals surface area contributed by atoms with E-state index in [2.05, 4.69) is 0 Å². The summed E-state index contributed by atoms with van der Waals surface area (Å²) in [6.45, 7) is 2.26. The third-order valence-electron chi connectivity index (χ3n) is 2.62. The van der Waals surface area contributed by atoms with E-state index in [1.165, 1.54) is 6.42 Å². The molecule has 0 bridgehead atoms. The second-order valence-corrected chi connectivity index (χ2v) is 4.29. The predicted octanol–water partition coefficient (Wildman–Crippen LogP) is 3.02. The Morgan fingerprint density at radius 1 is 1.13 bits per heavy atom. The van der Waals surface area contributed by atoms with Crippen molar-refractivity contribution in [1.29, 1.82) is 0 Å². The molecule has 1 fully saturated rings. The van der Waals surface area contributed by atoms with Crippen LogP contribution < -0.4 is 0 Å². The Hall–Kier alpha value is -0.440. The van der Waals surface area contributed by atoms with Gasteiger partial charge >= 0.3 is 6.09 Å². The minimum atomic E-state index is -0.138. The number of rotatable bonds is 5. The van der Waals surface area contributed by atoms with E-state index in [0.29, 0.717) is 12.5 Å². The van der Waals surface area contributed by atoms with Gasteiger partial charge in [-0.3, -0.25) is 0 Å². The SMILES string of the molecule is O=C(OCCCCCCl)N1CCCCC1. The molecule has 0 unspecified atom stereocenters. The lowest BCUT2D eigenvalue weighted by molar-refractivity contribution is 0.0937. The van der Waals surface area contributed by atoms with Crippen molar-refractivity contribution in [1.82, 2.24) is 4.90 Å². The van der Waals surface area contributed by atoms with Crippen LogP contribution in [0.4, 0.5) is 4.79 Å². The van der Waals surface area contributed by atoms with Crippen LogP contribution in [0.15, 0.2) is 0 Å². The summed E-state index contributed by atoms with van der Waals surface area (Å²) in [4.78, 5) is 13.3. The van der Waals surface area contributed by atoms with Gasteiger partial charge in [-0.1, -0.05) is 0 Å². The summed E-state index contributed by atoms with van der Waals surface area (Å²) in [7, 11) is 0. The van der Waals surface area contributed by atoms with E-state index in [0.717, 1.165) is 45.2 Å². The van der Waals surface area contributed by atoms with Gasteiger partial charge in [0.05, 0.1) is 6.61 Å². The first-order chi connectivity index (χ1) is 7.34. The van der Waals surface area contributed by atoms with Crippen LogP contribution in [0.5, 0.6) is 0 Å². The molecule has 0 aromatic heterocycles. The third-order valence-corrected chi connectivity index (χ3v) is 2.89. The molecule has 1 saturated heterocycles. The Balaban J connectivity index is 2.02. The van der Waals surface area contributed by atoms with Gasteiger partial charge < -0.3 is 9.64 Å². The van der Waals surface area contributed by atoms with E-state index >= 15 is 0 Å². The van der Waals surface area contributed by atoms with Crippen LogP contribution in [0.2, 0.25) is 0 Å². The van der Waals surface area contributed by atoms with Gasteiger partial charge in [0.25, 0.3) is 0 Å². The van der Waals surface area contributed by atoms with Crippen LogP contribution in [-0.4, -0.2) is 36.6 Å². The van der Waals surface area contributed by atoms with E-state index in [4.69, 9.17) is 16.3 Å². The number of hydrogen-bond donors (Lipinski definition) is 0. The van der Waals surface area contributed by atoms with Crippen molar-refractivity contribution in [3.63, 3.8) is 0 Å². The molecule has 4 heteroatoms. The van der Waals surface area contributed by atoms with Gasteiger partial charge in [0.15, 0.2) is 0 Å². The zero-order valence-electron chi connectivity index (χ0n) is 9.21. The lowest BCUT2D eigenvalue weighted by Gasteiger charge is -2.25. The number of nitrogens with zero attached hydrogens (tertiary/aromatic N) is 1. The van der Waals surface area contributed by atoms with Crippen LogP contribution in [0.1, 0.15) is 38.5 Å². The molecule has 1 aliphatic rings. The molecule has 0 saturated carbocycles. The Morgan fingerprint density at radius 3 is 2.53 bits per heavy atom. The number of carbonyl (C=O) groups is 1. The highest BCUT2D eigenvalue weighted by molar-refractivity contribution is 6.17. The summed E-state index contributed by atoms with van der Waals surface area (Å²) in [5, 5.41) is 0. The summed E-state index contributed by atoms with van der Waals surface area (Å²) in [5.74, 6) is 0.695. The fourth-order valence-electron chi connectivity index (χ4n) is 1.70. The Kier molecular flexibility index (Phi) is 6.57. The number of amides is 1. The van der Waals surface area contributed by atoms with Gasteiger partial charge in [-0.05, 0) is 38.5 Å². The Labute approximate surface area is 96.7 Å². The van der Waals surface area contributed by atoms with Crippen LogP contribution in [0.25, 0.3) is 0 Å². The number of ether oxygens (including phenoxy) is 1. The molecule has 0 aromatic carbocycles. The molecule has 0 radical (unpaired) electrons. The highest BCUT2D eigenvalue weighted by Crippen LogP contribution is 2.10. The molecule has 1 heterocycles. The van der Waals surface area contributed by atoms with Crippen molar-refractivity contribution in [3.05, 3.63) is 0 Å². The van der Waals surface area contributed by atoms with Crippen LogP contribution in [0, 0.1) is 0 Å². The van der Waals surface area contributed by atoms with Crippen molar-refractivity contribution in [3.8, 4) is 0 Å². The molecule has 0 aliphatic carbocycles. The lowest BCUT2D eigenvalue weighted by Crippen LogP contribution is -2.36. The number of halogens is 1. The van der Waals surface area contributed by atoms with Crippen LogP contribution >= 0.6 is 11.6 Å². The standard InChI is InChI=1S/C11H20ClNO2/c12-7-3-1-6-10-15-11(14)13-8-4-2-5-9-13/h1-10H2. The first kappa shape index (κ1) is 12.6. The smallest absolute Gasteiger partial charge is 0.409 e. The maximum atomic E-state index is 11.5. The van der Waals surface area contributed by atoms with E-state index in [1.807, 2.05) is 4.90 Å². The maximum Gasteiger partial charge on any atom is 0.409 e. The van der Waals surface area contributed by atoms with Gasteiger partial charge in [0.2, 0.25) is 0 Å². The van der Waals surface area contributed by atoms with E-state index in [-0.39, 0.29) is 6.09 Å². The largest absolute Gasteiger partial charge is 0.449 e. The van der Waals surface area contributed by atoms with Gasteiger partial charge in [-0.2, -0.15) is 0 Å². The number of unbranched alkanes of at least 4 members (excludes halogenated alkanes) is 2. The average Bonchev–Trinajstić information content (AvgIpc) is 2.30. The molecule has 0 N–H and O–H groups in total. The maximum absolute atomic E-state index is 11.5. The fraction of sp³-hybridized carbons (Fsp3) is 0.909. The zero-order chi connectivity index (χ0) is 10.9. The summed E-state index contributed by atoms with van der Waals surface area (Å²) < 4.78 is 5.17. The molecule has 1 rings (SSSR count). The molecular weight excluding hydrogens is 214 g/mol. The first-order valence-electron chi connectivity index (χ1n) is 5.82. The minimum absolute atomic E-state index is 0.138. The molecule has 88 valence electrons. The van der Waals surface area contributed by atoms with E-state index in [1.54, 1.807) is 0 Å². The number of piperidine rings is 1. The van der Waals surface area contributed by atoms with Crippen molar-refractivity contribution in [2.45, 2.75) is 38.5 Å². The van der Waals surface area contributed by atoms with E-state index < -0.39 is 0 Å². The molecule has 1 amide bonds. The minimum Gasteiger partial charge on any atom is -0.449 e. The van der Waals surface area contributed by atoms with Gasteiger partial charge in [0.1, 0.15) is 0 Å². The molecule has 0 atom stereocenters. The van der Waals surface area contributed by atoms with Crippen molar-refractivity contribution in [2.75, 3.05) is 25.6 Å². The molecule has 0 aromatic rings. The fourth-order valence-corrected chi connectivity index (χ4v) is 1.89. The second kappa shape index (κ2) is 7.80. The van der Waals surface area contributed by atoms with Gasteiger partial charge in [-0.25, -0.2) is 4.79 Å². The van der Waals surface area contributed by atoms with Crippen molar-refractivity contribution in [2.24, 2.45) is 0 Å². The zero-order valence-corrected chi connectivity index (χ0v) is 9.97. The summed E-state index contributed by atoms with van der Waals surface area (Å²) >= 11 is 5.55. The summed E-state index contributed by atoms with van der Waals surface area (Å²) in [5.41, 5.74) is 0. The Bertz CT molecular complexity index is 181. The monoisotopic (exact) mass is 233 g/mol.